The van der Waals surface area contributed by atoms with Crippen LogP contribution in [0.3, 0.4) is 0 Å². The van der Waals surface area contributed by atoms with E-state index in [0.29, 0.717) is 27.6 Å². The van der Waals surface area contributed by atoms with Gasteiger partial charge in [0.25, 0.3) is 0 Å². The van der Waals surface area contributed by atoms with Gasteiger partial charge in [0.05, 0.1) is 26.2 Å². The highest BCUT2D eigenvalue weighted by molar-refractivity contribution is 6.31. The molecule has 0 fully saturated rings. The molecule has 0 aliphatic heterocycles. The maximum absolute atomic E-state index is 12.1. The molecule has 2 rings (SSSR count). The van der Waals surface area contributed by atoms with Crippen LogP contribution in [0.4, 0.5) is 5.69 Å². The van der Waals surface area contributed by atoms with Gasteiger partial charge >= 0.3 is 5.97 Å². The van der Waals surface area contributed by atoms with Gasteiger partial charge in [-0.15, -0.1) is 0 Å². The Morgan fingerprint density at radius 2 is 1.78 bits per heavy atom. The van der Waals surface area contributed by atoms with Crippen molar-refractivity contribution in [3.8, 4) is 5.75 Å². The SMILES string of the molecule is COC(=O)c1ccc(NC(=O)Cc2ccc(OC)cc2Cl)cc1. The lowest BCUT2D eigenvalue weighted by Gasteiger charge is -2.08. The Hall–Kier alpha value is -2.53. The van der Waals surface area contributed by atoms with Crippen molar-refractivity contribution >= 4 is 29.2 Å². The van der Waals surface area contributed by atoms with E-state index >= 15 is 0 Å². The van der Waals surface area contributed by atoms with Crippen LogP contribution in [-0.4, -0.2) is 26.1 Å². The number of carbonyl (C=O) groups excluding carboxylic acids is 2. The molecule has 5 nitrogen and oxygen atoms in total. The Balaban J connectivity index is 2.01. The molecular formula is C17H16ClNO4. The van der Waals surface area contributed by atoms with E-state index in [9.17, 15) is 9.59 Å². The summed E-state index contributed by atoms with van der Waals surface area (Å²) in [5.41, 5.74) is 1.71. The molecule has 0 atom stereocenters. The molecule has 0 spiro atoms. The summed E-state index contributed by atoms with van der Waals surface area (Å²) in [6.07, 6.45) is 0.140. The number of benzene rings is 2. The summed E-state index contributed by atoms with van der Waals surface area (Å²) in [5, 5.41) is 3.22. The topological polar surface area (TPSA) is 64.6 Å². The highest BCUT2D eigenvalue weighted by atomic mass is 35.5. The van der Waals surface area contributed by atoms with Crippen LogP contribution < -0.4 is 10.1 Å². The summed E-state index contributed by atoms with van der Waals surface area (Å²) < 4.78 is 9.68. The van der Waals surface area contributed by atoms with Crippen LogP contribution in [0.15, 0.2) is 42.5 Å². The van der Waals surface area contributed by atoms with E-state index in [0.717, 1.165) is 0 Å². The Kier molecular flexibility index (Phi) is 5.60. The minimum atomic E-state index is -0.423. The van der Waals surface area contributed by atoms with Crippen LogP contribution in [0.2, 0.25) is 5.02 Å². The van der Waals surface area contributed by atoms with E-state index in [1.807, 2.05) is 0 Å². The second kappa shape index (κ2) is 7.65. The number of rotatable bonds is 5. The van der Waals surface area contributed by atoms with Crippen molar-refractivity contribution in [1.29, 1.82) is 0 Å². The summed E-state index contributed by atoms with van der Waals surface area (Å²) in [5.74, 6) is 0.00772. The molecule has 0 aliphatic rings. The third kappa shape index (κ3) is 4.47. The summed E-state index contributed by atoms with van der Waals surface area (Å²) in [6, 6.07) is 11.6. The van der Waals surface area contributed by atoms with Gasteiger partial charge < -0.3 is 14.8 Å². The molecule has 0 bridgehead atoms. The minimum absolute atomic E-state index is 0.140. The number of hydrogen-bond donors (Lipinski definition) is 1. The van der Waals surface area contributed by atoms with Gasteiger partial charge in [-0.05, 0) is 42.0 Å². The molecule has 1 N–H and O–H groups in total. The maximum Gasteiger partial charge on any atom is 0.337 e. The fourth-order valence-electron chi connectivity index (χ4n) is 1.98. The highest BCUT2D eigenvalue weighted by Crippen LogP contribution is 2.23. The number of esters is 1. The third-order valence-electron chi connectivity index (χ3n) is 3.20. The molecule has 2 aromatic carbocycles. The maximum atomic E-state index is 12.1. The molecule has 120 valence electrons. The largest absolute Gasteiger partial charge is 0.497 e. The van der Waals surface area contributed by atoms with Crippen molar-refractivity contribution in [3.05, 3.63) is 58.6 Å². The highest BCUT2D eigenvalue weighted by Gasteiger charge is 2.10. The van der Waals surface area contributed by atoms with Crippen molar-refractivity contribution in [2.45, 2.75) is 6.42 Å². The number of ether oxygens (including phenoxy) is 2. The molecule has 0 aromatic heterocycles. The van der Waals surface area contributed by atoms with Crippen molar-refractivity contribution in [2.75, 3.05) is 19.5 Å². The Bertz CT molecular complexity index is 713. The van der Waals surface area contributed by atoms with Gasteiger partial charge in [0, 0.05) is 10.7 Å². The van der Waals surface area contributed by atoms with Crippen molar-refractivity contribution in [1.82, 2.24) is 0 Å². The molecule has 2 aromatic rings. The van der Waals surface area contributed by atoms with Gasteiger partial charge in [-0.1, -0.05) is 17.7 Å². The normalized spacial score (nSPS) is 10.0. The number of amides is 1. The fraction of sp³-hybridized carbons (Fsp3) is 0.176. The predicted octanol–water partition coefficient (Wildman–Crippen LogP) is 3.32. The smallest absolute Gasteiger partial charge is 0.337 e. The van der Waals surface area contributed by atoms with Crippen LogP contribution >= 0.6 is 11.6 Å². The summed E-state index contributed by atoms with van der Waals surface area (Å²) in [7, 11) is 2.87. The predicted molar refractivity (Wildman–Crippen MR) is 88.1 cm³/mol. The van der Waals surface area contributed by atoms with E-state index in [1.54, 1.807) is 49.6 Å². The van der Waals surface area contributed by atoms with E-state index < -0.39 is 5.97 Å². The monoisotopic (exact) mass is 333 g/mol. The van der Waals surface area contributed by atoms with E-state index in [-0.39, 0.29) is 12.3 Å². The van der Waals surface area contributed by atoms with Gasteiger partial charge in [0.15, 0.2) is 0 Å². The molecule has 0 radical (unpaired) electrons. The van der Waals surface area contributed by atoms with Crippen molar-refractivity contribution in [3.63, 3.8) is 0 Å². The first kappa shape index (κ1) is 16.8. The van der Waals surface area contributed by atoms with Gasteiger partial charge in [0.2, 0.25) is 5.91 Å². The van der Waals surface area contributed by atoms with Crippen molar-refractivity contribution < 1.29 is 19.1 Å². The Morgan fingerprint density at radius 1 is 1.09 bits per heavy atom. The second-order valence-corrected chi connectivity index (χ2v) is 5.16. The summed E-state index contributed by atoms with van der Waals surface area (Å²) in [4.78, 5) is 23.4. The Labute approximate surface area is 139 Å². The average molecular weight is 334 g/mol. The third-order valence-corrected chi connectivity index (χ3v) is 3.55. The Morgan fingerprint density at radius 3 is 2.35 bits per heavy atom. The van der Waals surface area contributed by atoms with Crippen LogP contribution in [0.25, 0.3) is 0 Å². The molecule has 0 aliphatic carbocycles. The molecule has 0 saturated carbocycles. The van der Waals surface area contributed by atoms with Crippen molar-refractivity contribution in [2.24, 2.45) is 0 Å². The molecular weight excluding hydrogens is 318 g/mol. The number of nitrogens with one attached hydrogen (secondary N) is 1. The van der Waals surface area contributed by atoms with Crippen LogP contribution in [0, 0.1) is 0 Å². The molecule has 23 heavy (non-hydrogen) atoms. The first-order valence-electron chi connectivity index (χ1n) is 6.84. The first-order valence-corrected chi connectivity index (χ1v) is 7.22. The molecule has 0 heterocycles. The lowest BCUT2D eigenvalue weighted by molar-refractivity contribution is -0.115. The molecule has 6 heteroatoms. The fourth-order valence-corrected chi connectivity index (χ4v) is 2.22. The van der Waals surface area contributed by atoms with E-state index in [4.69, 9.17) is 16.3 Å². The second-order valence-electron chi connectivity index (χ2n) is 4.75. The number of methoxy groups -OCH3 is 2. The number of carbonyl (C=O) groups is 2. The average Bonchev–Trinajstić information content (AvgIpc) is 2.56. The minimum Gasteiger partial charge on any atom is -0.497 e. The number of hydrogen-bond acceptors (Lipinski definition) is 4. The summed E-state index contributed by atoms with van der Waals surface area (Å²) in [6.45, 7) is 0. The van der Waals surface area contributed by atoms with Gasteiger partial charge in [-0.2, -0.15) is 0 Å². The van der Waals surface area contributed by atoms with Crippen LogP contribution in [0.1, 0.15) is 15.9 Å². The quantitative estimate of drug-likeness (QED) is 0.852. The number of halogens is 1. The molecule has 0 unspecified atom stereocenters. The lowest BCUT2D eigenvalue weighted by atomic mass is 10.1. The standard InChI is InChI=1S/C17H16ClNO4/c1-22-14-8-5-12(15(18)10-14)9-16(20)19-13-6-3-11(4-7-13)17(21)23-2/h3-8,10H,9H2,1-2H3,(H,19,20). The van der Waals surface area contributed by atoms with E-state index in [2.05, 4.69) is 10.1 Å². The first-order chi connectivity index (χ1) is 11.0. The number of anilines is 1. The summed E-state index contributed by atoms with van der Waals surface area (Å²) >= 11 is 6.12. The zero-order valence-electron chi connectivity index (χ0n) is 12.8. The lowest BCUT2D eigenvalue weighted by Crippen LogP contribution is -2.14. The van der Waals surface area contributed by atoms with Crippen LogP contribution in [0.5, 0.6) is 5.75 Å². The zero-order valence-corrected chi connectivity index (χ0v) is 13.5. The van der Waals surface area contributed by atoms with Gasteiger partial charge in [-0.3, -0.25) is 4.79 Å². The van der Waals surface area contributed by atoms with Crippen LogP contribution in [-0.2, 0) is 16.0 Å². The zero-order chi connectivity index (χ0) is 16.8. The molecule has 1 amide bonds. The molecule has 0 saturated heterocycles. The van der Waals surface area contributed by atoms with Gasteiger partial charge in [0.1, 0.15) is 5.75 Å². The van der Waals surface area contributed by atoms with Gasteiger partial charge in [-0.25, -0.2) is 4.79 Å². The van der Waals surface area contributed by atoms with E-state index in [1.165, 1.54) is 7.11 Å².